The molecule has 0 aromatic carbocycles. The molecule has 1 saturated heterocycles. The van der Waals surface area contributed by atoms with Gasteiger partial charge in [0.15, 0.2) is 0 Å². The SMILES string of the molecule is CC(Cn1cccn1)NCC1CCC(C)O1. The van der Waals surface area contributed by atoms with E-state index in [4.69, 9.17) is 4.74 Å². The Morgan fingerprint density at radius 2 is 2.44 bits per heavy atom. The van der Waals surface area contributed by atoms with Crippen molar-refractivity contribution in [2.24, 2.45) is 0 Å². The summed E-state index contributed by atoms with van der Waals surface area (Å²) in [6.07, 6.45) is 7.02. The first kappa shape index (κ1) is 11.6. The predicted octanol–water partition coefficient (Wildman–Crippen LogP) is 1.43. The molecule has 4 nitrogen and oxygen atoms in total. The van der Waals surface area contributed by atoms with E-state index in [2.05, 4.69) is 24.3 Å². The molecule has 3 unspecified atom stereocenters. The zero-order chi connectivity index (χ0) is 11.4. The fraction of sp³-hybridized carbons (Fsp3) is 0.750. The molecule has 0 radical (unpaired) electrons. The summed E-state index contributed by atoms with van der Waals surface area (Å²) in [7, 11) is 0. The lowest BCUT2D eigenvalue weighted by atomic mass is 10.2. The minimum atomic E-state index is 0.398. The lowest BCUT2D eigenvalue weighted by Gasteiger charge is -2.17. The van der Waals surface area contributed by atoms with E-state index in [1.54, 1.807) is 0 Å². The molecule has 1 aliphatic heterocycles. The van der Waals surface area contributed by atoms with Crippen LogP contribution < -0.4 is 5.32 Å². The first-order valence-corrected chi connectivity index (χ1v) is 6.10. The molecule has 4 heteroatoms. The van der Waals surface area contributed by atoms with Gasteiger partial charge in [0.05, 0.1) is 18.8 Å². The van der Waals surface area contributed by atoms with Crippen LogP contribution in [0.5, 0.6) is 0 Å². The van der Waals surface area contributed by atoms with Crippen molar-refractivity contribution in [3.8, 4) is 0 Å². The molecule has 0 saturated carbocycles. The van der Waals surface area contributed by atoms with Gasteiger partial charge in [0.2, 0.25) is 0 Å². The van der Waals surface area contributed by atoms with Gasteiger partial charge in [-0.1, -0.05) is 0 Å². The summed E-state index contributed by atoms with van der Waals surface area (Å²) in [5, 5.41) is 7.69. The fourth-order valence-electron chi connectivity index (χ4n) is 2.12. The van der Waals surface area contributed by atoms with Crippen LogP contribution in [0.2, 0.25) is 0 Å². The first-order chi connectivity index (χ1) is 7.74. The molecule has 16 heavy (non-hydrogen) atoms. The van der Waals surface area contributed by atoms with Crippen LogP contribution in [0.15, 0.2) is 18.5 Å². The molecule has 0 bridgehead atoms. The number of nitrogens with zero attached hydrogens (tertiary/aromatic N) is 2. The summed E-state index contributed by atoms with van der Waals surface area (Å²) in [4.78, 5) is 0. The van der Waals surface area contributed by atoms with E-state index >= 15 is 0 Å². The molecule has 2 heterocycles. The Morgan fingerprint density at radius 1 is 1.56 bits per heavy atom. The Bertz CT molecular complexity index is 299. The third kappa shape index (κ3) is 3.32. The normalized spacial score (nSPS) is 27.1. The lowest BCUT2D eigenvalue weighted by Crippen LogP contribution is -2.36. The maximum Gasteiger partial charge on any atom is 0.0704 e. The highest BCUT2D eigenvalue weighted by Gasteiger charge is 2.21. The average molecular weight is 223 g/mol. The number of rotatable bonds is 5. The largest absolute Gasteiger partial charge is 0.374 e. The highest BCUT2D eigenvalue weighted by Crippen LogP contribution is 2.18. The van der Waals surface area contributed by atoms with Gasteiger partial charge in [0, 0.05) is 25.0 Å². The molecule has 2 rings (SSSR count). The maximum absolute atomic E-state index is 5.76. The van der Waals surface area contributed by atoms with Crippen molar-refractivity contribution in [1.82, 2.24) is 15.1 Å². The van der Waals surface area contributed by atoms with E-state index in [0.717, 1.165) is 13.1 Å². The van der Waals surface area contributed by atoms with Crippen molar-refractivity contribution in [1.29, 1.82) is 0 Å². The molecular formula is C12H21N3O. The Morgan fingerprint density at radius 3 is 3.06 bits per heavy atom. The predicted molar refractivity (Wildman–Crippen MR) is 63.3 cm³/mol. The van der Waals surface area contributed by atoms with Gasteiger partial charge < -0.3 is 10.1 Å². The zero-order valence-corrected chi connectivity index (χ0v) is 10.1. The van der Waals surface area contributed by atoms with Crippen molar-refractivity contribution in [2.75, 3.05) is 6.54 Å². The molecule has 0 aliphatic carbocycles. The third-order valence-corrected chi connectivity index (χ3v) is 3.03. The molecule has 1 aromatic heterocycles. The van der Waals surface area contributed by atoms with Gasteiger partial charge in [0.1, 0.15) is 0 Å². The number of aromatic nitrogens is 2. The van der Waals surface area contributed by atoms with Crippen LogP contribution in [-0.2, 0) is 11.3 Å². The second-order valence-corrected chi connectivity index (χ2v) is 4.68. The molecule has 90 valence electrons. The van der Waals surface area contributed by atoms with Crippen LogP contribution in [0, 0.1) is 0 Å². The molecule has 1 fully saturated rings. The molecule has 0 spiro atoms. The third-order valence-electron chi connectivity index (χ3n) is 3.03. The summed E-state index contributed by atoms with van der Waals surface area (Å²) in [5.41, 5.74) is 0. The van der Waals surface area contributed by atoms with Crippen LogP contribution in [0.25, 0.3) is 0 Å². The standard InChI is InChI=1S/C12H21N3O/c1-10(9-15-7-3-6-14-15)13-8-12-5-4-11(2)16-12/h3,6-7,10-13H,4-5,8-9H2,1-2H3. The van der Waals surface area contributed by atoms with E-state index < -0.39 is 0 Å². The van der Waals surface area contributed by atoms with E-state index in [-0.39, 0.29) is 0 Å². The molecular weight excluding hydrogens is 202 g/mol. The van der Waals surface area contributed by atoms with Gasteiger partial charge in [-0.3, -0.25) is 4.68 Å². The Balaban J connectivity index is 1.66. The first-order valence-electron chi connectivity index (χ1n) is 6.10. The van der Waals surface area contributed by atoms with Crippen LogP contribution in [0.4, 0.5) is 0 Å². The minimum Gasteiger partial charge on any atom is -0.374 e. The van der Waals surface area contributed by atoms with Gasteiger partial charge in [-0.05, 0) is 32.8 Å². The summed E-state index contributed by atoms with van der Waals surface area (Å²) in [6, 6.07) is 2.38. The monoisotopic (exact) mass is 223 g/mol. The smallest absolute Gasteiger partial charge is 0.0704 e. The number of hydrogen-bond donors (Lipinski definition) is 1. The van der Waals surface area contributed by atoms with Crippen molar-refractivity contribution in [2.45, 2.75) is 51.5 Å². The van der Waals surface area contributed by atoms with E-state index in [1.807, 2.05) is 23.1 Å². The van der Waals surface area contributed by atoms with E-state index in [0.29, 0.717) is 18.2 Å². The fourth-order valence-corrected chi connectivity index (χ4v) is 2.12. The van der Waals surface area contributed by atoms with Crippen LogP contribution in [-0.4, -0.2) is 34.6 Å². The molecule has 1 aromatic rings. The molecule has 1 aliphatic rings. The van der Waals surface area contributed by atoms with Crippen molar-refractivity contribution in [3.05, 3.63) is 18.5 Å². The zero-order valence-electron chi connectivity index (χ0n) is 10.1. The summed E-state index contributed by atoms with van der Waals surface area (Å²) in [6.45, 7) is 6.19. The Labute approximate surface area is 97.0 Å². The summed E-state index contributed by atoms with van der Waals surface area (Å²) in [5.74, 6) is 0. The van der Waals surface area contributed by atoms with Crippen molar-refractivity contribution >= 4 is 0 Å². The maximum atomic E-state index is 5.76. The minimum absolute atomic E-state index is 0.398. The van der Waals surface area contributed by atoms with Crippen LogP contribution in [0.3, 0.4) is 0 Å². The molecule has 0 amide bonds. The van der Waals surface area contributed by atoms with Crippen molar-refractivity contribution in [3.63, 3.8) is 0 Å². The van der Waals surface area contributed by atoms with Gasteiger partial charge in [-0.15, -0.1) is 0 Å². The number of hydrogen-bond acceptors (Lipinski definition) is 3. The second kappa shape index (κ2) is 5.46. The van der Waals surface area contributed by atoms with E-state index in [9.17, 15) is 0 Å². The van der Waals surface area contributed by atoms with Gasteiger partial charge >= 0.3 is 0 Å². The number of nitrogens with one attached hydrogen (secondary N) is 1. The van der Waals surface area contributed by atoms with Crippen LogP contribution in [0.1, 0.15) is 26.7 Å². The average Bonchev–Trinajstić information content (AvgIpc) is 2.87. The molecule has 1 N–H and O–H groups in total. The van der Waals surface area contributed by atoms with Gasteiger partial charge in [-0.2, -0.15) is 5.10 Å². The quantitative estimate of drug-likeness (QED) is 0.820. The van der Waals surface area contributed by atoms with Gasteiger partial charge in [0.25, 0.3) is 0 Å². The lowest BCUT2D eigenvalue weighted by molar-refractivity contribution is 0.0542. The summed E-state index contributed by atoms with van der Waals surface area (Å²) < 4.78 is 7.72. The van der Waals surface area contributed by atoms with Crippen molar-refractivity contribution < 1.29 is 4.74 Å². The Kier molecular flexibility index (Phi) is 3.96. The van der Waals surface area contributed by atoms with Gasteiger partial charge in [-0.25, -0.2) is 0 Å². The highest BCUT2D eigenvalue weighted by atomic mass is 16.5. The number of ether oxygens (including phenoxy) is 1. The molecule has 3 atom stereocenters. The van der Waals surface area contributed by atoms with E-state index in [1.165, 1.54) is 12.8 Å². The Hall–Kier alpha value is -0.870. The second-order valence-electron chi connectivity index (χ2n) is 4.68. The van der Waals surface area contributed by atoms with Crippen LogP contribution >= 0.6 is 0 Å². The topological polar surface area (TPSA) is 39.1 Å². The summed E-state index contributed by atoms with van der Waals surface area (Å²) >= 11 is 0. The highest BCUT2D eigenvalue weighted by molar-refractivity contribution is 4.80.